The Morgan fingerprint density at radius 2 is 1.94 bits per heavy atom. The second-order valence-electron chi connectivity index (χ2n) is 12.0. The van der Waals surface area contributed by atoms with E-state index >= 15 is 0 Å². The normalized spacial score (nSPS) is 20.2. The van der Waals surface area contributed by atoms with Crippen molar-refractivity contribution in [3.63, 3.8) is 0 Å². The molecular formula is C34H37N7O7. The summed E-state index contributed by atoms with van der Waals surface area (Å²) in [5.74, 6) is -0.357. The largest absolute Gasteiger partial charge is 0.467 e. The summed E-state index contributed by atoms with van der Waals surface area (Å²) < 4.78 is 25.6. The minimum Gasteiger partial charge on any atom is -0.467 e. The van der Waals surface area contributed by atoms with Gasteiger partial charge in [-0.25, -0.2) is 19.6 Å². The maximum atomic E-state index is 14.0. The summed E-state index contributed by atoms with van der Waals surface area (Å²) in [6.45, 7) is 1.30. The monoisotopic (exact) mass is 655 g/mol. The third-order valence-corrected chi connectivity index (χ3v) is 8.96. The van der Waals surface area contributed by atoms with E-state index in [-0.39, 0.29) is 18.9 Å². The van der Waals surface area contributed by atoms with Crippen molar-refractivity contribution in [1.82, 2.24) is 24.3 Å². The van der Waals surface area contributed by atoms with Gasteiger partial charge in [0.2, 0.25) is 6.29 Å². The van der Waals surface area contributed by atoms with Crippen molar-refractivity contribution in [2.24, 2.45) is 5.92 Å². The average molecular weight is 656 g/mol. The van der Waals surface area contributed by atoms with E-state index in [1.54, 1.807) is 49.8 Å². The van der Waals surface area contributed by atoms with E-state index in [9.17, 15) is 19.6 Å². The highest BCUT2D eigenvalue weighted by atomic mass is 16.7. The van der Waals surface area contributed by atoms with Crippen molar-refractivity contribution >= 4 is 34.7 Å². The quantitative estimate of drug-likeness (QED) is 0.222. The van der Waals surface area contributed by atoms with Crippen molar-refractivity contribution in [2.75, 3.05) is 19.1 Å². The molecule has 0 N–H and O–H groups in total. The number of anilines is 1. The van der Waals surface area contributed by atoms with Gasteiger partial charge >= 0.3 is 18.0 Å². The van der Waals surface area contributed by atoms with Gasteiger partial charge in [-0.3, -0.25) is 18.9 Å². The lowest BCUT2D eigenvalue weighted by Crippen LogP contribution is -2.44. The number of methoxy groups -OCH3 is 1. The van der Waals surface area contributed by atoms with Gasteiger partial charge in [0.05, 0.1) is 43.2 Å². The molecule has 48 heavy (non-hydrogen) atoms. The zero-order valence-corrected chi connectivity index (χ0v) is 27.0. The zero-order valence-electron chi connectivity index (χ0n) is 27.0. The first-order chi connectivity index (χ1) is 23.3. The molecule has 1 aliphatic carbocycles. The van der Waals surface area contributed by atoms with Crippen LogP contribution >= 0.6 is 0 Å². The third kappa shape index (κ3) is 6.72. The molecule has 4 heterocycles. The number of carbonyl (C=O) groups excluding carboxylic acids is 3. The summed E-state index contributed by atoms with van der Waals surface area (Å²) in [7, 11) is 2.86. The second-order valence-corrected chi connectivity index (χ2v) is 12.0. The Morgan fingerprint density at radius 1 is 1.15 bits per heavy atom. The van der Waals surface area contributed by atoms with Crippen LogP contribution in [-0.2, 0) is 23.8 Å². The fraction of sp³-hybridized carbons (Fsp3) is 0.441. The highest BCUT2D eigenvalue weighted by molar-refractivity contribution is 6.02. The Hall–Kier alpha value is -5.29. The molecule has 250 valence electrons. The van der Waals surface area contributed by atoms with Gasteiger partial charge in [0.25, 0.3) is 0 Å². The summed E-state index contributed by atoms with van der Waals surface area (Å²) in [6.07, 6.45) is 9.36. The minimum absolute atomic E-state index is 0.00333. The van der Waals surface area contributed by atoms with E-state index in [0.29, 0.717) is 40.5 Å². The number of esters is 2. The van der Waals surface area contributed by atoms with Gasteiger partial charge in [-0.1, -0.05) is 25.0 Å². The number of rotatable bonds is 9. The molecule has 2 aliphatic rings. The van der Waals surface area contributed by atoms with E-state index < -0.39 is 36.5 Å². The van der Waals surface area contributed by atoms with Gasteiger partial charge in [-0.15, -0.1) is 0 Å². The van der Waals surface area contributed by atoms with Crippen LogP contribution in [0, 0.1) is 17.2 Å². The number of nitrogens with zero attached hydrogens (tertiary/aromatic N) is 7. The Labute approximate surface area is 277 Å². The van der Waals surface area contributed by atoms with Crippen LogP contribution in [0.5, 0.6) is 5.75 Å². The van der Waals surface area contributed by atoms with E-state index in [1.165, 1.54) is 42.7 Å². The van der Waals surface area contributed by atoms with E-state index in [1.807, 2.05) is 10.9 Å². The van der Waals surface area contributed by atoms with Crippen LogP contribution in [0.25, 0.3) is 22.3 Å². The smallest absolute Gasteiger partial charge is 0.335 e. The zero-order chi connectivity index (χ0) is 33.8. The first-order valence-corrected chi connectivity index (χ1v) is 15.9. The number of nitriles is 1. The van der Waals surface area contributed by atoms with Crippen LogP contribution in [0.3, 0.4) is 0 Å². The average Bonchev–Trinajstić information content (AvgIpc) is 3.88. The maximum absolute atomic E-state index is 14.0. The summed E-state index contributed by atoms with van der Waals surface area (Å²) in [4.78, 5) is 48.3. The topological polar surface area (TPSA) is 164 Å². The molecule has 1 amide bonds. The molecule has 3 aromatic heterocycles. The Kier molecular flexibility index (Phi) is 9.67. The third-order valence-electron chi connectivity index (χ3n) is 8.96. The van der Waals surface area contributed by atoms with Crippen LogP contribution in [0.2, 0.25) is 0 Å². The standard InChI is InChI=1S/C34H37N7O7/c1-21(42)46-24-16-29(33(43)45-3)48-30(17-24)47-28-11-7-6-10-27(28)39(2)34(44)40-15-13-25-31(36-20-37-32(25)40)23-18-38-41(19-23)26(12-14-35)22-8-4-5-9-22/h6-7,10-11,13,15,18-20,22,24,26,29-30H,4-5,8-9,12,16-17H2,1-3H3/t24-,26+,29-,30+/m0/s1. The molecule has 0 spiro atoms. The molecule has 1 saturated heterocycles. The SMILES string of the molecule is COC(=O)[C@@H]1C[C@H](OC(C)=O)C[C@H](Oc2ccccc2N(C)C(=O)n2ccc3c(-c4cnn([C@H](CC#N)C5CCCC5)c4)ncnc32)O1. The summed E-state index contributed by atoms with van der Waals surface area (Å²) in [6, 6.07) is 10.6. The number of fused-ring (bicyclic) bond motifs is 1. The number of hydrogen-bond acceptors (Lipinski definition) is 11. The minimum atomic E-state index is -0.989. The van der Waals surface area contributed by atoms with Gasteiger partial charge in [0.15, 0.2) is 11.8 Å². The van der Waals surface area contributed by atoms with E-state index in [0.717, 1.165) is 18.4 Å². The molecule has 6 rings (SSSR count). The molecule has 4 aromatic rings. The molecule has 4 atom stereocenters. The highest BCUT2D eigenvalue weighted by Gasteiger charge is 2.38. The van der Waals surface area contributed by atoms with Gasteiger partial charge in [0, 0.05) is 50.2 Å². The van der Waals surface area contributed by atoms with Crippen LogP contribution < -0.4 is 9.64 Å². The molecule has 0 bridgehead atoms. The van der Waals surface area contributed by atoms with Gasteiger partial charge in [-0.05, 0) is 37.0 Å². The summed E-state index contributed by atoms with van der Waals surface area (Å²) in [5, 5.41) is 14.8. The lowest BCUT2D eigenvalue weighted by atomic mass is 9.96. The first kappa shape index (κ1) is 32.6. The Balaban J connectivity index is 1.24. The van der Waals surface area contributed by atoms with Crippen LogP contribution in [0.15, 0.2) is 55.2 Å². The molecule has 1 aliphatic heterocycles. The Morgan fingerprint density at radius 3 is 2.69 bits per heavy atom. The van der Waals surface area contributed by atoms with E-state index in [4.69, 9.17) is 18.9 Å². The maximum Gasteiger partial charge on any atom is 0.335 e. The summed E-state index contributed by atoms with van der Waals surface area (Å²) in [5.41, 5.74) is 2.24. The molecule has 0 unspecified atom stereocenters. The van der Waals surface area contributed by atoms with Gasteiger partial charge in [0.1, 0.15) is 18.2 Å². The number of carbonyl (C=O) groups is 3. The number of aromatic nitrogens is 5. The van der Waals surface area contributed by atoms with Crippen molar-refractivity contribution < 1.29 is 33.3 Å². The number of amides is 1. The van der Waals surface area contributed by atoms with Crippen molar-refractivity contribution in [1.29, 1.82) is 5.26 Å². The lowest BCUT2D eigenvalue weighted by molar-refractivity contribution is -0.204. The highest BCUT2D eigenvalue weighted by Crippen LogP contribution is 2.37. The van der Waals surface area contributed by atoms with Crippen molar-refractivity contribution in [3.8, 4) is 23.1 Å². The lowest BCUT2D eigenvalue weighted by Gasteiger charge is -2.34. The molecular weight excluding hydrogens is 618 g/mol. The number of para-hydroxylation sites is 2. The molecule has 0 radical (unpaired) electrons. The predicted octanol–water partition coefficient (Wildman–Crippen LogP) is 5.03. The van der Waals surface area contributed by atoms with Gasteiger partial charge in [-0.2, -0.15) is 10.4 Å². The Bertz CT molecular complexity index is 1840. The van der Waals surface area contributed by atoms with Crippen molar-refractivity contribution in [3.05, 3.63) is 55.2 Å². The number of benzene rings is 1. The number of ether oxygens (including phenoxy) is 4. The molecule has 2 fully saturated rings. The van der Waals surface area contributed by atoms with Crippen LogP contribution in [0.1, 0.15) is 57.9 Å². The molecule has 14 heteroatoms. The first-order valence-electron chi connectivity index (χ1n) is 15.9. The second kappa shape index (κ2) is 14.2. The molecule has 1 aromatic carbocycles. The van der Waals surface area contributed by atoms with Gasteiger partial charge < -0.3 is 18.9 Å². The fourth-order valence-electron chi connectivity index (χ4n) is 6.66. The fourth-order valence-corrected chi connectivity index (χ4v) is 6.66. The number of hydrogen-bond donors (Lipinski definition) is 0. The molecule has 1 saturated carbocycles. The van der Waals surface area contributed by atoms with Crippen molar-refractivity contribution in [2.45, 2.75) is 76.4 Å². The summed E-state index contributed by atoms with van der Waals surface area (Å²) >= 11 is 0. The van der Waals surface area contributed by atoms with E-state index in [2.05, 4.69) is 21.1 Å². The van der Waals surface area contributed by atoms with Crippen LogP contribution in [-0.4, -0.2) is 74.9 Å². The molecule has 14 nitrogen and oxygen atoms in total. The predicted molar refractivity (Wildman–Crippen MR) is 172 cm³/mol. The van der Waals surface area contributed by atoms with Crippen LogP contribution in [0.4, 0.5) is 10.5 Å².